The van der Waals surface area contributed by atoms with Gasteiger partial charge in [-0.1, -0.05) is 12.1 Å². The zero-order valence-corrected chi connectivity index (χ0v) is 11.8. The third kappa shape index (κ3) is 3.01. The Labute approximate surface area is 123 Å². The monoisotopic (exact) mass is 293 g/mol. The second-order valence-electron chi connectivity index (χ2n) is 5.61. The zero-order valence-electron chi connectivity index (χ0n) is 11.8. The van der Waals surface area contributed by atoms with Crippen LogP contribution in [-0.2, 0) is 4.79 Å². The van der Waals surface area contributed by atoms with Crippen LogP contribution in [0.3, 0.4) is 0 Å². The number of nitrogens with one attached hydrogen (secondary N) is 1. The summed E-state index contributed by atoms with van der Waals surface area (Å²) < 4.78 is 13.8. The second-order valence-corrected chi connectivity index (χ2v) is 5.61. The van der Waals surface area contributed by atoms with Crippen LogP contribution in [0.4, 0.5) is 10.1 Å². The van der Waals surface area contributed by atoms with Crippen LogP contribution in [-0.4, -0.2) is 60.8 Å². The number of β-amino-alcohol motifs (C(OH)–C–C–N with tert-alkyl or cyclic N) is 1. The molecule has 0 unspecified atom stereocenters. The Bertz CT molecular complexity index is 517. The number of nitrogens with zero attached hydrogens (tertiary/aromatic N) is 2. The Hall–Kier alpha value is -1.66. The third-order valence-corrected chi connectivity index (χ3v) is 4.19. The number of aliphatic hydroxyl groups excluding tert-OH is 1. The van der Waals surface area contributed by atoms with Gasteiger partial charge in [-0.15, -0.1) is 0 Å². The van der Waals surface area contributed by atoms with Gasteiger partial charge >= 0.3 is 0 Å². The normalized spacial score (nSPS) is 26.2. The van der Waals surface area contributed by atoms with Gasteiger partial charge in [-0.2, -0.15) is 0 Å². The van der Waals surface area contributed by atoms with Crippen molar-refractivity contribution in [2.75, 3.05) is 37.6 Å². The lowest BCUT2D eigenvalue weighted by Gasteiger charge is -2.37. The molecule has 2 atom stereocenters. The summed E-state index contributed by atoms with van der Waals surface area (Å²) in [6.45, 7) is 2.90. The van der Waals surface area contributed by atoms with Crippen LogP contribution in [0.1, 0.15) is 6.42 Å². The standard InChI is InChI=1S/C15H20FN3O2/c16-12-3-1-2-4-14(12)18-5-7-19(8-6-18)15(21)13-9-11(20)10-17-13/h1-4,11,13,17,20H,5-10H2/t11-,13-/m0/s1. The Morgan fingerprint density at radius 2 is 1.95 bits per heavy atom. The summed E-state index contributed by atoms with van der Waals surface area (Å²) in [6.07, 6.45) is 0.0467. The molecule has 0 radical (unpaired) electrons. The molecule has 5 nitrogen and oxygen atoms in total. The maximum absolute atomic E-state index is 13.8. The van der Waals surface area contributed by atoms with E-state index in [0.717, 1.165) is 0 Å². The maximum atomic E-state index is 13.8. The number of carbonyl (C=O) groups is 1. The first-order valence-corrected chi connectivity index (χ1v) is 7.35. The third-order valence-electron chi connectivity index (χ3n) is 4.19. The van der Waals surface area contributed by atoms with Crippen LogP contribution < -0.4 is 10.2 Å². The average molecular weight is 293 g/mol. The molecule has 0 aromatic heterocycles. The molecule has 0 spiro atoms. The van der Waals surface area contributed by atoms with Crippen molar-refractivity contribution in [1.29, 1.82) is 0 Å². The van der Waals surface area contributed by atoms with Crippen LogP contribution in [0.15, 0.2) is 24.3 Å². The summed E-state index contributed by atoms with van der Waals surface area (Å²) in [7, 11) is 0. The van der Waals surface area contributed by atoms with Gasteiger partial charge in [0.25, 0.3) is 0 Å². The van der Waals surface area contributed by atoms with Crippen molar-refractivity contribution in [2.45, 2.75) is 18.6 Å². The minimum atomic E-state index is -0.432. The van der Waals surface area contributed by atoms with E-state index in [9.17, 15) is 14.3 Å². The number of halogens is 1. The number of carbonyl (C=O) groups excluding carboxylic acids is 1. The lowest BCUT2D eigenvalue weighted by atomic mass is 10.1. The zero-order chi connectivity index (χ0) is 14.8. The molecule has 2 N–H and O–H groups in total. The number of para-hydroxylation sites is 1. The van der Waals surface area contributed by atoms with E-state index in [1.165, 1.54) is 6.07 Å². The van der Waals surface area contributed by atoms with E-state index in [-0.39, 0.29) is 17.8 Å². The van der Waals surface area contributed by atoms with Gasteiger partial charge in [-0.3, -0.25) is 4.79 Å². The molecule has 0 saturated carbocycles. The molecule has 2 fully saturated rings. The van der Waals surface area contributed by atoms with Gasteiger partial charge in [-0.05, 0) is 18.6 Å². The Kier molecular flexibility index (Phi) is 4.07. The average Bonchev–Trinajstić information content (AvgIpc) is 2.94. The van der Waals surface area contributed by atoms with E-state index in [1.807, 2.05) is 11.0 Å². The van der Waals surface area contributed by atoms with E-state index in [0.29, 0.717) is 44.8 Å². The second kappa shape index (κ2) is 5.99. The molecule has 6 heteroatoms. The van der Waals surface area contributed by atoms with E-state index in [1.54, 1.807) is 17.0 Å². The summed E-state index contributed by atoms with van der Waals surface area (Å²) in [5, 5.41) is 12.5. The molecule has 2 saturated heterocycles. The number of hydrogen-bond donors (Lipinski definition) is 2. The Morgan fingerprint density at radius 1 is 1.24 bits per heavy atom. The van der Waals surface area contributed by atoms with Crippen LogP contribution in [0.2, 0.25) is 0 Å². The van der Waals surface area contributed by atoms with E-state index >= 15 is 0 Å². The van der Waals surface area contributed by atoms with E-state index < -0.39 is 6.10 Å². The fourth-order valence-electron chi connectivity index (χ4n) is 3.00. The van der Waals surface area contributed by atoms with E-state index in [2.05, 4.69) is 5.32 Å². The van der Waals surface area contributed by atoms with Gasteiger partial charge in [-0.25, -0.2) is 4.39 Å². The van der Waals surface area contributed by atoms with Crippen LogP contribution in [0.25, 0.3) is 0 Å². The summed E-state index contributed by atoms with van der Waals surface area (Å²) in [4.78, 5) is 16.1. The van der Waals surface area contributed by atoms with E-state index in [4.69, 9.17) is 0 Å². The molecule has 2 aliphatic heterocycles. The highest BCUT2D eigenvalue weighted by Crippen LogP contribution is 2.20. The molecule has 1 aromatic carbocycles. The predicted molar refractivity (Wildman–Crippen MR) is 77.6 cm³/mol. The van der Waals surface area contributed by atoms with Crippen molar-refractivity contribution in [1.82, 2.24) is 10.2 Å². The van der Waals surface area contributed by atoms with Gasteiger partial charge in [0, 0.05) is 32.7 Å². The molecule has 1 aromatic rings. The van der Waals surface area contributed by atoms with Gasteiger partial charge in [0.2, 0.25) is 5.91 Å². The predicted octanol–water partition coefficient (Wildman–Crippen LogP) is 0.197. The van der Waals surface area contributed by atoms with Gasteiger partial charge in [0.1, 0.15) is 5.82 Å². The molecule has 1 amide bonds. The minimum Gasteiger partial charge on any atom is -0.392 e. The number of piperazine rings is 1. The highest BCUT2D eigenvalue weighted by atomic mass is 19.1. The quantitative estimate of drug-likeness (QED) is 0.818. The topological polar surface area (TPSA) is 55.8 Å². The van der Waals surface area contributed by atoms with Crippen LogP contribution in [0, 0.1) is 5.82 Å². The number of aliphatic hydroxyl groups is 1. The first-order chi connectivity index (χ1) is 10.1. The Morgan fingerprint density at radius 3 is 2.57 bits per heavy atom. The van der Waals surface area contributed by atoms with Gasteiger partial charge in [0.15, 0.2) is 0 Å². The smallest absolute Gasteiger partial charge is 0.239 e. The first-order valence-electron chi connectivity index (χ1n) is 7.35. The molecule has 2 aliphatic rings. The lowest BCUT2D eigenvalue weighted by Crippen LogP contribution is -2.53. The molecule has 21 heavy (non-hydrogen) atoms. The van der Waals surface area contributed by atoms with Crippen molar-refractivity contribution in [3.05, 3.63) is 30.1 Å². The molecule has 114 valence electrons. The highest BCUT2D eigenvalue weighted by molar-refractivity contribution is 5.82. The number of hydrogen-bond acceptors (Lipinski definition) is 4. The summed E-state index contributed by atoms with van der Waals surface area (Å²) in [6, 6.07) is 6.44. The number of benzene rings is 1. The highest BCUT2D eigenvalue weighted by Gasteiger charge is 2.32. The van der Waals surface area contributed by atoms with Gasteiger partial charge < -0.3 is 20.2 Å². The van der Waals surface area contributed by atoms with Crippen molar-refractivity contribution in [2.24, 2.45) is 0 Å². The fraction of sp³-hybridized carbons (Fsp3) is 0.533. The number of anilines is 1. The fourth-order valence-corrected chi connectivity index (χ4v) is 3.00. The SMILES string of the molecule is O=C([C@@H]1C[C@H](O)CN1)N1CCN(c2ccccc2F)CC1. The number of rotatable bonds is 2. The van der Waals surface area contributed by atoms with Crippen molar-refractivity contribution in [3.8, 4) is 0 Å². The first kappa shape index (κ1) is 14.3. The van der Waals surface area contributed by atoms with Crippen molar-refractivity contribution >= 4 is 11.6 Å². The molecule has 3 rings (SSSR count). The summed E-state index contributed by atoms with van der Waals surface area (Å²) in [5.41, 5.74) is 0.596. The summed E-state index contributed by atoms with van der Waals surface area (Å²) >= 11 is 0. The molecule has 2 heterocycles. The molecule has 0 aliphatic carbocycles. The number of amides is 1. The van der Waals surface area contributed by atoms with Crippen LogP contribution in [0.5, 0.6) is 0 Å². The molecule has 0 bridgehead atoms. The maximum Gasteiger partial charge on any atom is 0.239 e. The summed E-state index contributed by atoms with van der Waals surface area (Å²) in [5.74, 6) is -0.183. The van der Waals surface area contributed by atoms with Crippen molar-refractivity contribution < 1.29 is 14.3 Å². The lowest BCUT2D eigenvalue weighted by molar-refractivity contribution is -0.133. The van der Waals surface area contributed by atoms with Gasteiger partial charge in [0.05, 0.1) is 17.8 Å². The van der Waals surface area contributed by atoms with Crippen molar-refractivity contribution in [3.63, 3.8) is 0 Å². The molecular formula is C15H20FN3O2. The Balaban J connectivity index is 1.58. The minimum absolute atomic E-state index is 0.0414. The largest absolute Gasteiger partial charge is 0.392 e. The van der Waals surface area contributed by atoms with Crippen LogP contribution >= 0.6 is 0 Å². The molecular weight excluding hydrogens is 273 g/mol.